The molecule has 1 aromatic carbocycles. The zero-order chi connectivity index (χ0) is 11.4. The minimum absolute atomic E-state index is 0.137. The fourth-order valence-corrected chi connectivity index (χ4v) is 1.27. The molecule has 0 N–H and O–H groups in total. The predicted octanol–water partition coefficient (Wildman–Crippen LogP) is 2.49. The molecule has 0 saturated carbocycles. The fourth-order valence-electron chi connectivity index (χ4n) is 1.27. The molecule has 0 aromatic heterocycles. The Balaban J connectivity index is 3.36. The van der Waals surface area contributed by atoms with Crippen LogP contribution in [0.15, 0.2) is 18.2 Å². The fraction of sp³-hybridized carbons (Fsp3) is 0.182. The molecule has 0 heterocycles. The molecular weight excluding hydrogens is 197 g/mol. The number of alkyl halides is 1. The summed E-state index contributed by atoms with van der Waals surface area (Å²) in [6, 6.07) is 4.38. The van der Waals surface area contributed by atoms with Crippen LogP contribution in [0, 0.1) is 28.4 Å². The molecule has 1 radical (unpaired) electrons. The molecule has 0 saturated heterocycles. The topological polar surface area (TPSA) is 43.1 Å². The number of nitrogens with zero attached hydrogens (tertiary/aromatic N) is 1. The number of rotatable bonds is 3. The van der Waals surface area contributed by atoms with Crippen LogP contribution in [-0.2, 0) is 0 Å². The lowest BCUT2D eigenvalue weighted by Crippen LogP contribution is -2.03. The molecule has 77 valence electrons. The van der Waals surface area contributed by atoms with Crippen LogP contribution in [-0.4, -0.2) is 11.6 Å². The molecule has 4 heteroatoms. The summed E-state index contributed by atoms with van der Waals surface area (Å²) >= 11 is 0. The van der Waals surface area contributed by atoms with Gasteiger partial charge in [-0.25, -0.2) is 0 Å². The van der Waals surface area contributed by atoms with Crippen LogP contribution in [0.2, 0.25) is 0 Å². The van der Waals surface area contributed by atoms with E-state index in [1.165, 1.54) is 12.1 Å². The van der Waals surface area contributed by atoms with Crippen molar-refractivity contribution in [2.24, 2.45) is 0 Å². The van der Waals surface area contributed by atoms with Gasteiger partial charge in [0.2, 0.25) is 0 Å². The molecule has 0 aliphatic carbocycles. The second kappa shape index (κ2) is 4.56. The first-order valence-electron chi connectivity index (χ1n) is 4.24. The zero-order valence-electron chi connectivity index (χ0n) is 8.16. The van der Waals surface area contributed by atoms with Gasteiger partial charge in [0.15, 0.2) is 0 Å². The van der Waals surface area contributed by atoms with Crippen molar-refractivity contribution in [2.75, 3.05) is 6.67 Å². The van der Waals surface area contributed by atoms with Crippen molar-refractivity contribution >= 4 is 5.69 Å². The first-order valence-corrected chi connectivity index (χ1v) is 4.24. The monoisotopic (exact) mass is 206 g/mol. The average Bonchev–Trinajstić information content (AvgIpc) is 2.26. The molecular formula is C11H9FNO2. The van der Waals surface area contributed by atoms with Gasteiger partial charge in [-0.15, -0.1) is 6.42 Å². The molecule has 3 nitrogen and oxygen atoms in total. The van der Waals surface area contributed by atoms with E-state index in [1.807, 2.05) is 0 Å². The van der Waals surface area contributed by atoms with Crippen LogP contribution in [0.5, 0.6) is 0 Å². The third kappa shape index (κ3) is 2.13. The van der Waals surface area contributed by atoms with Crippen LogP contribution >= 0.6 is 0 Å². The van der Waals surface area contributed by atoms with E-state index in [2.05, 4.69) is 5.92 Å². The highest BCUT2D eigenvalue weighted by Crippen LogP contribution is 2.26. The molecule has 15 heavy (non-hydrogen) atoms. The van der Waals surface area contributed by atoms with Gasteiger partial charge in [0.05, 0.1) is 11.6 Å². The Bertz CT molecular complexity index is 423. The summed E-state index contributed by atoms with van der Waals surface area (Å²) < 4.78 is 12.4. The van der Waals surface area contributed by atoms with Gasteiger partial charge in [0.25, 0.3) is 5.69 Å². The van der Waals surface area contributed by atoms with Gasteiger partial charge >= 0.3 is 0 Å². The number of nitro groups is 1. The maximum Gasteiger partial charge on any atom is 0.285 e. The quantitative estimate of drug-likeness (QED) is 0.433. The first-order chi connectivity index (χ1) is 7.11. The lowest BCUT2D eigenvalue weighted by molar-refractivity contribution is -0.385. The van der Waals surface area contributed by atoms with Crippen molar-refractivity contribution < 1.29 is 9.31 Å². The number of nitro benzene ring substituents is 1. The number of terminal acetylenes is 1. The van der Waals surface area contributed by atoms with Gasteiger partial charge < -0.3 is 0 Å². The Morgan fingerprint density at radius 3 is 2.80 bits per heavy atom. The summed E-state index contributed by atoms with van der Waals surface area (Å²) in [7, 11) is 0. The van der Waals surface area contributed by atoms with E-state index in [0.717, 1.165) is 0 Å². The van der Waals surface area contributed by atoms with Crippen molar-refractivity contribution in [3.8, 4) is 12.3 Å². The van der Waals surface area contributed by atoms with Crippen molar-refractivity contribution in [3.63, 3.8) is 0 Å². The Morgan fingerprint density at radius 1 is 1.67 bits per heavy atom. The standard InChI is InChI=1S/C11H9FNO2/c1-3-9-10(8(2)7-12)5-4-6-11(9)13(14)15/h1,4-6H,7H2,2H3. The summed E-state index contributed by atoms with van der Waals surface area (Å²) in [6.45, 7) is 0.885. The number of hydrogen-bond acceptors (Lipinski definition) is 2. The molecule has 0 unspecified atom stereocenters. The molecule has 0 aliphatic rings. The minimum atomic E-state index is -0.671. The molecule has 0 atom stereocenters. The van der Waals surface area contributed by atoms with E-state index in [9.17, 15) is 14.5 Å². The third-order valence-corrected chi connectivity index (χ3v) is 2.04. The Kier molecular flexibility index (Phi) is 3.40. The van der Waals surface area contributed by atoms with Gasteiger partial charge in [0, 0.05) is 12.0 Å². The van der Waals surface area contributed by atoms with E-state index in [0.29, 0.717) is 11.5 Å². The average molecular weight is 206 g/mol. The highest BCUT2D eigenvalue weighted by Gasteiger charge is 2.19. The highest BCUT2D eigenvalue weighted by atomic mass is 19.1. The first kappa shape index (κ1) is 11.2. The van der Waals surface area contributed by atoms with E-state index in [4.69, 9.17) is 6.42 Å². The summed E-state index contributed by atoms with van der Waals surface area (Å²) in [5.74, 6) is 2.63. The van der Waals surface area contributed by atoms with E-state index < -0.39 is 11.6 Å². The number of halogens is 1. The number of benzene rings is 1. The number of hydrogen-bond donors (Lipinski definition) is 0. The molecule has 0 fully saturated rings. The maximum atomic E-state index is 12.4. The Morgan fingerprint density at radius 2 is 2.33 bits per heavy atom. The van der Waals surface area contributed by atoms with Gasteiger partial charge in [-0.1, -0.05) is 25.0 Å². The maximum absolute atomic E-state index is 12.4. The van der Waals surface area contributed by atoms with Crippen LogP contribution in [0.1, 0.15) is 18.1 Å². The van der Waals surface area contributed by atoms with Crippen LogP contribution in [0.3, 0.4) is 0 Å². The van der Waals surface area contributed by atoms with Crippen LogP contribution in [0.4, 0.5) is 10.1 Å². The summed E-state index contributed by atoms with van der Waals surface area (Å²) in [4.78, 5) is 10.1. The molecule has 0 bridgehead atoms. The molecule has 0 amide bonds. The normalized spacial score (nSPS) is 10.0. The molecule has 1 aromatic rings. The second-order valence-electron chi connectivity index (χ2n) is 3.02. The van der Waals surface area contributed by atoms with Crippen molar-refractivity contribution in [3.05, 3.63) is 45.4 Å². The lowest BCUT2D eigenvalue weighted by atomic mass is 9.96. The summed E-state index contributed by atoms with van der Waals surface area (Å²) in [5.41, 5.74) is 0.398. The third-order valence-electron chi connectivity index (χ3n) is 2.04. The van der Waals surface area contributed by atoms with Crippen molar-refractivity contribution in [2.45, 2.75) is 6.92 Å². The summed E-state index contributed by atoms with van der Waals surface area (Å²) in [5, 5.41) is 10.7. The SMILES string of the molecule is C#Cc1c([C](C)CF)cccc1[N+](=O)[O-]. The van der Waals surface area contributed by atoms with E-state index in [1.54, 1.807) is 13.0 Å². The predicted molar refractivity (Wildman–Crippen MR) is 55.0 cm³/mol. The van der Waals surface area contributed by atoms with Gasteiger partial charge in [-0.2, -0.15) is 0 Å². The van der Waals surface area contributed by atoms with Crippen molar-refractivity contribution in [1.29, 1.82) is 0 Å². The second-order valence-corrected chi connectivity index (χ2v) is 3.02. The molecule has 0 spiro atoms. The van der Waals surface area contributed by atoms with Crippen molar-refractivity contribution in [1.82, 2.24) is 0 Å². The van der Waals surface area contributed by atoms with Gasteiger partial charge in [-0.3, -0.25) is 14.5 Å². The summed E-state index contributed by atoms with van der Waals surface area (Å²) in [6.07, 6.45) is 5.19. The van der Waals surface area contributed by atoms with Gasteiger partial charge in [0.1, 0.15) is 5.56 Å². The lowest BCUT2D eigenvalue weighted by Gasteiger charge is -2.08. The molecule has 1 rings (SSSR count). The van der Waals surface area contributed by atoms with Crippen LogP contribution < -0.4 is 0 Å². The Labute approximate surface area is 87.1 Å². The largest absolute Gasteiger partial charge is 0.285 e. The minimum Gasteiger partial charge on any atom is -0.258 e. The highest BCUT2D eigenvalue weighted by molar-refractivity contribution is 5.58. The van der Waals surface area contributed by atoms with Gasteiger partial charge in [-0.05, 0) is 5.56 Å². The van der Waals surface area contributed by atoms with E-state index >= 15 is 0 Å². The molecule has 0 aliphatic heterocycles. The zero-order valence-corrected chi connectivity index (χ0v) is 8.16. The Hall–Kier alpha value is -1.89. The smallest absolute Gasteiger partial charge is 0.258 e. The van der Waals surface area contributed by atoms with E-state index in [-0.39, 0.29) is 11.3 Å². The van der Waals surface area contributed by atoms with Crippen LogP contribution in [0.25, 0.3) is 0 Å².